The van der Waals surface area contributed by atoms with Gasteiger partial charge in [-0.05, 0) is 36.8 Å². The molecular formula is C20H19N3O4S. The molecule has 0 atom stereocenters. The Morgan fingerprint density at radius 3 is 2.68 bits per heavy atom. The minimum atomic E-state index is -3.81. The van der Waals surface area contributed by atoms with E-state index in [1.165, 1.54) is 24.3 Å². The third-order valence-corrected chi connectivity index (χ3v) is 5.69. The molecule has 2 aromatic carbocycles. The third kappa shape index (κ3) is 4.22. The summed E-state index contributed by atoms with van der Waals surface area (Å²) in [6.07, 6.45) is 6.33. The maximum absolute atomic E-state index is 12.7. The van der Waals surface area contributed by atoms with Crippen molar-refractivity contribution in [3.63, 3.8) is 0 Å². The van der Waals surface area contributed by atoms with Crippen LogP contribution in [0.4, 0.5) is 11.4 Å². The van der Waals surface area contributed by atoms with Gasteiger partial charge in [-0.1, -0.05) is 24.1 Å². The Morgan fingerprint density at radius 1 is 1.18 bits per heavy atom. The highest BCUT2D eigenvalue weighted by molar-refractivity contribution is 7.89. The zero-order valence-electron chi connectivity index (χ0n) is 15.0. The van der Waals surface area contributed by atoms with Gasteiger partial charge in [0.2, 0.25) is 15.9 Å². The van der Waals surface area contributed by atoms with Crippen LogP contribution in [0.3, 0.4) is 0 Å². The van der Waals surface area contributed by atoms with Gasteiger partial charge in [0.1, 0.15) is 0 Å². The van der Waals surface area contributed by atoms with E-state index in [4.69, 9.17) is 6.42 Å². The summed E-state index contributed by atoms with van der Waals surface area (Å²) in [5.74, 6) is 1.73. The summed E-state index contributed by atoms with van der Waals surface area (Å²) >= 11 is 0. The van der Waals surface area contributed by atoms with Crippen LogP contribution < -0.4 is 14.9 Å². The van der Waals surface area contributed by atoms with E-state index in [0.717, 1.165) is 6.42 Å². The number of sulfonamides is 1. The van der Waals surface area contributed by atoms with Crippen molar-refractivity contribution in [2.45, 2.75) is 17.7 Å². The van der Waals surface area contributed by atoms with Gasteiger partial charge >= 0.3 is 0 Å². The fraction of sp³-hybridized carbons (Fsp3) is 0.200. The molecule has 0 radical (unpaired) electrons. The van der Waals surface area contributed by atoms with E-state index < -0.39 is 15.9 Å². The van der Waals surface area contributed by atoms with Gasteiger partial charge in [0.25, 0.3) is 5.91 Å². The normalized spacial score (nSPS) is 14.0. The molecule has 2 N–H and O–H groups in total. The highest BCUT2D eigenvalue weighted by Gasteiger charge is 2.24. The molecule has 0 aliphatic carbocycles. The largest absolute Gasteiger partial charge is 0.320 e. The van der Waals surface area contributed by atoms with Crippen LogP contribution in [0.25, 0.3) is 0 Å². The van der Waals surface area contributed by atoms with Crippen molar-refractivity contribution in [3.8, 4) is 12.3 Å². The molecule has 0 spiro atoms. The molecule has 3 rings (SSSR count). The first-order valence-electron chi connectivity index (χ1n) is 8.66. The Kier molecular flexibility index (Phi) is 5.78. The van der Waals surface area contributed by atoms with Crippen LogP contribution >= 0.6 is 0 Å². The molecule has 1 saturated heterocycles. The van der Waals surface area contributed by atoms with Gasteiger partial charge in [-0.3, -0.25) is 9.59 Å². The van der Waals surface area contributed by atoms with Crippen molar-refractivity contribution in [1.29, 1.82) is 0 Å². The molecular weight excluding hydrogens is 378 g/mol. The van der Waals surface area contributed by atoms with E-state index in [1.54, 1.807) is 29.2 Å². The lowest BCUT2D eigenvalue weighted by Crippen LogP contribution is -2.26. The summed E-state index contributed by atoms with van der Waals surface area (Å²) in [7, 11) is -3.81. The molecule has 1 heterocycles. The number of hydrogen-bond donors (Lipinski definition) is 2. The Hall–Kier alpha value is -3.15. The number of terminal acetylenes is 1. The van der Waals surface area contributed by atoms with E-state index in [2.05, 4.69) is 16.0 Å². The minimum Gasteiger partial charge on any atom is -0.320 e. The summed E-state index contributed by atoms with van der Waals surface area (Å²) in [5, 5.41) is 2.77. The fourth-order valence-electron chi connectivity index (χ4n) is 2.94. The molecule has 2 aromatic rings. The van der Waals surface area contributed by atoms with Crippen LogP contribution in [0.5, 0.6) is 0 Å². The van der Waals surface area contributed by atoms with Gasteiger partial charge in [0.05, 0.1) is 22.8 Å². The predicted octanol–water partition coefficient (Wildman–Crippen LogP) is 1.98. The molecule has 144 valence electrons. The topological polar surface area (TPSA) is 95.6 Å². The molecule has 1 aliphatic rings. The molecule has 28 heavy (non-hydrogen) atoms. The molecule has 8 heteroatoms. The van der Waals surface area contributed by atoms with Crippen LogP contribution in [0.1, 0.15) is 23.2 Å². The highest BCUT2D eigenvalue weighted by atomic mass is 32.2. The van der Waals surface area contributed by atoms with Gasteiger partial charge in [-0.15, -0.1) is 6.42 Å². The van der Waals surface area contributed by atoms with E-state index in [1.807, 2.05) is 0 Å². The van der Waals surface area contributed by atoms with Crippen molar-refractivity contribution >= 4 is 33.2 Å². The Morgan fingerprint density at radius 2 is 1.96 bits per heavy atom. The van der Waals surface area contributed by atoms with Crippen molar-refractivity contribution in [2.75, 3.05) is 23.3 Å². The van der Waals surface area contributed by atoms with Gasteiger partial charge in [0.15, 0.2) is 0 Å². The number of para-hydroxylation sites is 2. The summed E-state index contributed by atoms with van der Waals surface area (Å²) < 4.78 is 26.7. The van der Waals surface area contributed by atoms with Crippen LogP contribution in [0.15, 0.2) is 53.4 Å². The quantitative estimate of drug-likeness (QED) is 0.729. The Bertz CT molecular complexity index is 1060. The predicted molar refractivity (Wildman–Crippen MR) is 106 cm³/mol. The zero-order chi connectivity index (χ0) is 20.1. The maximum atomic E-state index is 12.7. The number of anilines is 2. The lowest BCUT2D eigenvalue weighted by molar-refractivity contribution is -0.117. The number of amides is 2. The number of hydrogen-bond acceptors (Lipinski definition) is 4. The van der Waals surface area contributed by atoms with Crippen LogP contribution in [-0.2, 0) is 14.8 Å². The second-order valence-electron chi connectivity index (χ2n) is 6.18. The SMILES string of the molecule is C#CCNS(=O)(=O)c1cccc(C(=O)Nc2ccccc2N2CCCC2=O)c1. The number of carbonyl (C=O) groups is 2. The van der Waals surface area contributed by atoms with E-state index in [9.17, 15) is 18.0 Å². The summed E-state index contributed by atoms with van der Waals surface area (Å²) in [6.45, 7) is 0.455. The monoisotopic (exact) mass is 397 g/mol. The first-order valence-corrected chi connectivity index (χ1v) is 10.1. The number of rotatable bonds is 6. The molecule has 2 amide bonds. The molecule has 0 saturated carbocycles. The number of nitrogens with zero attached hydrogens (tertiary/aromatic N) is 1. The number of carbonyl (C=O) groups excluding carboxylic acids is 2. The van der Waals surface area contributed by atoms with Crippen LogP contribution in [0, 0.1) is 12.3 Å². The summed E-state index contributed by atoms with van der Waals surface area (Å²) in [4.78, 5) is 26.3. The second-order valence-corrected chi connectivity index (χ2v) is 7.94. The smallest absolute Gasteiger partial charge is 0.255 e. The molecule has 0 unspecified atom stereocenters. The molecule has 0 bridgehead atoms. The molecule has 1 fully saturated rings. The van der Waals surface area contributed by atoms with Crippen molar-refractivity contribution in [1.82, 2.24) is 4.72 Å². The molecule has 0 aromatic heterocycles. The summed E-state index contributed by atoms with van der Waals surface area (Å²) in [5.41, 5.74) is 1.28. The van der Waals surface area contributed by atoms with E-state index >= 15 is 0 Å². The zero-order valence-corrected chi connectivity index (χ0v) is 15.8. The maximum Gasteiger partial charge on any atom is 0.255 e. The van der Waals surface area contributed by atoms with Crippen molar-refractivity contribution < 1.29 is 18.0 Å². The third-order valence-electron chi connectivity index (χ3n) is 4.29. The summed E-state index contributed by atoms with van der Waals surface area (Å²) in [6, 6.07) is 12.7. The minimum absolute atomic E-state index is 0.00868. The lowest BCUT2D eigenvalue weighted by Gasteiger charge is -2.20. The van der Waals surface area contributed by atoms with Gasteiger partial charge < -0.3 is 10.2 Å². The lowest BCUT2D eigenvalue weighted by atomic mass is 10.2. The second kappa shape index (κ2) is 8.25. The standard InChI is InChI=1S/C20H19N3O4S/c1-2-12-21-28(26,27)16-8-5-7-15(14-16)20(25)22-17-9-3-4-10-18(17)23-13-6-11-19(23)24/h1,3-5,7-10,14,21H,6,11-13H2,(H,22,25). The number of nitrogens with one attached hydrogen (secondary N) is 2. The Balaban J connectivity index is 1.84. The number of benzene rings is 2. The Labute approximate surface area is 163 Å². The first-order chi connectivity index (χ1) is 13.4. The average molecular weight is 397 g/mol. The van der Waals surface area contributed by atoms with Gasteiger partial charge in [0, 0.05) is 18.5 Å². The fourth-order valence-corrected chi connectivity index (χ4v) is 3.92. The van der Waals surface area contributed by atoms with Crippen LogP contribution in [-0.4, -0.2) is 33.3 Å². The van der Waals surface area contributed by atoms with Gasteiger partial charge in [-0.2, -0.15) is 4.72 Å². The van der Waals surface area contributed by atoms with E-state index in [-0.39, 0.29) is 22.9 Å². The first kappa shape index (κ1) is 19.6. The van der Waals surface area contributed by atoms with Gasteiger partial charge in [-0.25, -0.2) is 8.42 Å². The van der Waals surface area contributed by atoms with Crippen LogP contribution in [0.2, 0.25) is 0 Å². The molecule has 1 aliphatic heterocycles. The average Bonchev–Trinajstić information content (AvgIpc) is 3.12. The van der Waals surface area contributed by atoms with Crippen molar-refractivity contribution in [3.05, 3.63) is 54.1 Å². The van der Waals surface area contributed by atoms with E-state index in [0.29, 0.717) is 24.3 Å². The van der Waals surface area contributed by atoms with Crippen molar-refractivity contribution in [2.24, 2.45) is 0 Å². The highest BCUT2D eigenvalue weighted by Crippen LogP contribution is 2.29. The molecule has 7 nitrogen and oxygen atoms in total.